The average Bonchev–Trinajstić information content (AvgIpc) is 2.50. The van der Waals surface area contributed by atoms with E-state index < -0.39 is 28.2 Å². The molecule has 0 N–H and O–H groups in total. The number of hydrogen-bond donors (Lipinski definition) is 0. The maximum absolute atomic E-state index is 13.1. The Bertz CT molecular complexity index is 748. The number of carbonyl (C=O) groups excluding carboxylic acids is 1. The fraction of sp³-hybridized carbons (Fsp3) is 0.0714. The van der Waals surface area contributed by atoms with Crippen LogP contribution < -0.4 is 4.74 Å². The van der Waals surface area contributed by atoms with Crippen LogP contribution in [0.4, 0.5) is 14.5 Å². The maximum atomic E-state index is 13.1. The molecule has 0 fully saturated rings. The van der Waals surface area contributed by atoms with Crippen molar-refractivity contribution in [2.75, 3.05) is 7.11 Å². The molecular formula is C14H9F2NO5. The Hall–Kier alpha value is -3.03. The fourth-order valence-corrected chi connectivity index (χ4v) is 1.68. The molecule has 2 rings (SSSR count). The van der Waals surface area contributed by atoms with Gasteiger partial charge in [-0.3, -0.25) is 10.1 Å². The van der Waals surface area contributed by atoms with E-state index in [1.165, 1.54) is 12.1 Å². The monoisotopic (exact) mass is 309 g/mol. The maximum Gasteiger partial charge on any atom is 0.344 e. The van der Waals surface area contributed by atoms with Crippen LogP contribution in [0.25, 0.3) is 0 Å². The van der Waals surface area contributed by atoms with E-state index in [0.29, 0.717) is 0 Å². The molecule has 0 amide bonds. The zero-order valence-corrected chi connectivity index (χ0v) is 11.2. The van der Waals surface area contributed by atoms with Crippen LogP contribution in [0.5, 0.6) is 11.5 Å². The number of carbonyl (C=O) groups is 1. The van der Waals surface area contributed by atoms with Gasteiger partial charge < -0.3 is 9.47 Å². The number of benzene rings is 2. The Morgan fingerprint density at radius 2 is 1.73 bits per heavy atom. The van der Waals surface area contributed by atoms with Gasteiger partial charge in [0.25, 0.3) is 5.69 Å². The molecule has 22 heavy (non-hydrogen) atoms. The number of nitro benzene ring substituents is 1. The molecule has 2 aromatic rings. The zero-order chi connectivity index (χ0) is 16.3. The number of hydrogen-bond acceptors (Lipinski definition) is 5. The molecule has 0 unspecified atom stereocenters. The second kappa shape index (κ2) is 6.17. The Morgan fingerprint density at radius 1 is 1.09 bits per heavy atom. The summed E-state index contributed by atoms with van der Waals surface area (Å²) in [6, 6.07) is 6.25. The van der Waals surface area contributed by atoms with E-state index >= 15 is 0 Å². The van der Waals surface area contributed by atoms with Gasteiger partial charge in [-0.2, -0.15) is 0 Å². The van der Waals surface area contributed by atoms with E-state index in [2.05, 4.69) is 4.74 Å². The third kappa shape index (κ3) is 3.17. The summed E-state index contributed by atoms with van der Waals surface area (Å²) in [7, 11) is 1.10. The van der Waals surface area contributed by atoms with Crippen molar-refractivity contribution in [3.63, 3.8) is 0 Å². The molecule has 2 aromatic carbocycles. The van der Waals surface area contributed by atoms with Crippen LogP contribution in [0.15, 0.2) is 36.4 Å². The molecule has 0 aromatic heterocycles. The van der Waals surface area contributed by atoms with Crippen LogP contribution >= 0.6 is 0 Å². The predicted octanol–water partition coefficient (Wildman–Crippen LogP) is 3.45. The van der Waals surface area contributed by atoms with Crippen molar-refractivity contribution in [1.82, 2.24) is 0 Å². The van der Waals surface area contributed by atoms with Gasteiger partial charge in [0, 0.05) is 6.07 Å². The van der Waals surface area contributed by atoms with E-state index in [9.17, 15) is 23.7 Å². The lowest BCUT2D eigenvalue weighted by Gasteiger charge is -2.07. The SMILES string of the molecule is COC(=O)c1ccc(Oc2ccc(F)c(F)c2)cc1[N+](=O)[O-]. The number of rotatable bonds is 4. The Labute approximate surface area is 123 Å². The molecular weight excluding hydrogens is 300 g/mol. The average molecular weight is 309 g/mol. The molecule has 0 atom stereocenters. The molecule has 0 saturated heterocycles. The van der Waals surface area contributed by atoms with Gasteiger partial charge in [0.15, 0.2) is 11.6 Å². The first-order valence-corrected chi connectivity index (χ1v) is 5.92. The lowest BCUT2D eigenvalue weighted by Crippen LogP contribution is -2.05. The van der Waals surface area contributed by atoms with Gasteiger partial charge in [-0.25, -0.2) is 13.6 Å². The summed E-state index contributed by atoms with van der Waals surface area (Å²) in [6.07, 6.45) is 0. The highest BCUT2D eigenvalue weighted by Crippen LogP contribution is 2.29. The smallest absolute Gasteiger partial charge is 0.344 e. The molecule has 8 heteroatoms. The van der Waals surface area contributed by atoms with Crippen molar-refractivity contribution in [3.8, 4) is 11.5 Å². The molecule has 114 valence electrons. The Morgan fingerprint density at radius 3 is 2.32 bits per heavy atom. The highest BCUT2D eigenvalue weighted by molar-refractivity contribution is 5.94. The highest BCUT2D eigenvalue weighted by atomic mass is 19.2. The highest BCUT2D eigenvalue weighted by Gasteiger charge is 2.22. The first-order valence-electron chi connectivity index (χ1n) is 5.92. The number of methoxy groups -OCH3 is 1. The molecule has 0 bridgehead atoms. The third-order valence-electron chi connectivity index (χ3n) is 2.70. The Balaban J connectivity index is 2.36. The van der Waals surface area contributed by atoms with E-state index in [1.807, 2.05) is 0 Å². The second-order valence-electron chi connectivity index (χ2n) is 4.11. The van der Waals surface area contributed by atoms with Gasteiger partial charge in [0.2, 0.25) is 0 Å². The molecule has 0 radical (unpaired) electrons. The van der Waals surface area contributed by atoms with E-state index in [1.54, 1.807) is 0 Å². The van der Waals surface area contributed by atoms with Crippen molar-refractivity contribution < 1.29 is 28.0 Å². The van der Waals surface area contributed by atoms with Crippen molar-refractivity contribution >= 4 is 11.7 Å². The summed E-state index contributed by atoms with van der Waals surface area (Å²) >= 11 is 0. The molecule has 0 aliphatic carbocycles. The first-order chi connectivity index (χ1) is 10.4. The van der Waals surface area contributed by atoms with E-state index in [-0.39, 0.29) is 17.1 Å². The number of ether oxygens (including phenoxy) is 2. The lowest BCUT2D eigenvalue weighted by atomic mass is 10.1. The van der Waals surface area contributed by atoms with Gasteiger partial charge in [-0.15, -0.1) is 0 Å². The number of nitro groups is 1. The quantitative estimate of drug-likeness (QED) is 0.491. The van der Waals surface area contributed by atoms with Crippen LogP contribution in [-0.4, -0.2) is 18.0 Å². The lowest BCUT2D eigenvalue weighted by molar-refractivity contribution is -0.385. The molecule has 0 spiro atoms. The summed E-state index contributed by atoms with van der Waals surface area (Å²) in [5.41, 5.74) is -0.767. The van der Waals surface area contributed by atoms with Crippen LogP contribution in [0.2, 0.25) is 0 Å². The van der Waals surface area contributed by atoms with Crippen LogP contribution in [0.1, 0.15) is 10.4 Å². The summed E-state index contributed by atoms with van der Waals surface area (Å²) in [6.45, 7) is 0. The predicted molar refractivity (Wildman–Crippen MR) is 70.9 cm³/mol. The Kier molecular flexibility index (Phi) is 4.31. The largest absolute Gasteiger partial charge is 0.465 e. The molecule has 0 saturated carbocycles. The number of nitrogens with zero attached hydrogens (tertiary/aromatic N) is 1. The van der Waals surface area contributed by atoms with Crippen molar-refractivity contribution in [2.45, 2.75) is 0 Å². The zero-order valence-electron chi connectivity index (χ0n) is 11.2. The minimum atomic E-state index is -1.11. The van der Waals surface area contributed by atoms with Crippen molar-refractivity contribution in [3.05, 3.63) is 63.7 Å². The summed E-state index contributed by atoms with van der Waals surface area (Å²) in [4.78, 5) is 21.6. The first kappa shape index (κ1) is 15.4. The van der Waals surface area contributed by atoms with E-state index in [0.717, 1.165) is 31.4 Å². The third-order valence-corrected chi connectivity index (χ3v) is 2.70. The van der Waals surface area contributed by atoms with Gasteiger partial charge in [-0.05, 0) is 24.3 Å². The van der Waals surface area contributed by atoms with Gasteiger partial charge in [0.1, 0.15) is 17.1 Å². The molecule has 0 aliphatic heterocycles. The minimum Gasteiger partial charge on any atom is -0.465 e. The second-order valence-corrected chi connectivity index (χ2v) is 4.11. The number of esters is 1. The molecule has 0 heterocycles. The van der Waals surface area contributed by atoms with Crippen molar-refractivity contribution in [1.29, 1.82) is 0 Å². The van der Waals surface area contributed by atoms with Crippen LogP contribution in [0.3, 0.4) is 0 Å². The standard InChI is InChI=1S/C14H9F2NO5/c1-21-14(18)10-4-2-9(7-13(10)17(19)20)22-8-3-5-11(15)12(16)6-8/h2-7H,1H3. The van der Waals surface area contributed by atoms with Crippen LogP contribution in [0, 0.1) is 21.7 Å². The normalized spacial score (nSPS) is 10.1. The number of halogens is 2. The minimum absolute atomic E-state index is 0.00892. The topological polar surface area (TPSA) is 78.7 Å². The summed E-state index contributed by atoms with van der Waals surface area (Å²) in [5, 5.41) is 11.0. The summed E-state index contributed by atoms with van der Waals surface area (Å²) < 4.78 is 35.5. The van der Waals surface area contributed by atoms with Gasteiger partial charge in [0.05, 0.1) is 18.1 Å². The molecule has 6 nitrogen and oxygen atoms in total. The molecule has 0 aliphatic rings. The van der Waals surface area contributed by atoms with Gasteiger partial charge >= 0.3 is 5.97 Å². The van der Waals surface area contributed by atoms with E-state index in [4.69, 9.17) is 4.74 Å². The van der Waals surface area contributed by atoms with Crippen LogP contribution in [-0.2, 0) is 4.74 Å². The van der Waals surface area contributed by atoms with Crippen molar-refractivity contribution in [2.24, 2.45) is 0 Å². The fourth-order valence-electron chi connectivity index (χ4n) is 1.68. The summed E-state index contributed by atoms with van der Waals surface area (Å²) in [5.74, 6) is -3.08. The van der Waals surface area contributed by atoms with Gasteiger partial charge in [-0.1, -0.05) is 0 Å².